The van der Waals surface area contributed by atoms with E-state index in [1.165, 1.54) is 0 Å². The number of aromatic amines is 1. The number of aromatic nitrogens is 2. The summed E-state index contributed by atoms with van der Waals surface area (Å²) in [6.07, 6.45) is 0. The van der Waals surface area contributed by atoms with Crippen LogP contribution in [0.5, 0.6) is 0 Å². The van der Waals surface area contributed by atoms with E-state index in [2.05, 4.69) is 9.97 Å². The van der Waals surface area contributed by atoms with E-state index in [-0.39, 0.29) is 0 Å². The Hall–Kier alpha value is -1.85. The Bertz CT molecular complexity index is 844. The Balaban J connectivity index is 1.90. The molecule has 1 unspecified atom stereocenters. The topological polar surface area (TPSA) is 49.0 Å². The highest BCUT2D eigenvalue weighted by Crippen LogP contribution is 2.23. The van der Waals surface area contributed by atoms with Crippen LogP contribution in [-0.4, -0.2) is 28.3 Å². The molecule has 1 heterocycles. The van der Waals surface area contributed by atoms with Gasteiger partial charge in [0.05, 0.1) is 27.6 Å². The van der Waals surface area contributed by atoms with Crippen molar-refractivity contribution < 1.29 is 4.21 Å². The van der Waals surface area contributed by atoms with Crippen LogP contribution in [0.25, 0.3) is 11.0 Å². The van der Waals surface area contributed by atoms with Crippen LogP contribution in [0.3, 0.4) is 0 Å². The number of H-pyrrole nitrogens is 1. The number of imidazole rings is 1. The average Bonchev–Trinajstić information content (AvgIpc) is 2.90. The largest absolute Gasteiger partial charge is 0.377 e. The summed E-state index contributed by atoms with van der Waals surface area (Å²) in [7, 11) is 2.72. The van der Waals surface area contributed by atoms with Gasteiger partial charge < -0.3 is 9.88 Å². The highest BCUT2D eigenvalue weighted by atomic mass is 35.5. The normalized spacial score (nSPS) is 12.5. The predicted molar refractivity (Wildman–Crippen MR) is 92.0 cm³/mol. The van der Waals surface area contributed by atoms with Gasteiger partial charge in [-0.2, -0.15) is 0 Å². The van der Waals surface area contributed by atoms with Gasteiger partial charge >= 0.3 is 0 Å². The lowest BCUT2D eigenvalue weighted by atomic mass is 10.2. The number of hydrogen-bond acceptors (Lipinski definition) is 3. The fourth-order valence-corrected chi connectivity index (χ4v) is 3.60. The first-order valence-corrected chi connectivity index (χ1v) is 8.53. The fraction of sp³-hybridized carbons (Fsp3) is 0.188. The van der Waals surface area contributed by atoms with Gasteiger partial charge in [-0.25, -0.2) is 4.98 Å². The van der Waals surface area contributed by atoms with Crippen molar-refractivity contribution in [2.24, 2.45) is 0 Å². The van der Waals surface area contributed by atoms with Crippen LogP contribution in [0.15, 0.2) is 47.6 Å². The zero-order valence-corrected chi connectivity index (χ0v) is 13.9. The van der Waals surface area contributed by atoms with Gasteiger partial charge in [0.15, 0.2) is 5.16 Å². The molecule has 4 nitrogen and oxygen atoms in total. The van der Waals surface area contributed by atoms with Crippen molar-refractivity contribution in [3.63, 3.8) is 0 Å². The predicted octanol–water partition coefficient (Wildman–Crippen LogP) is 3.59. The lowest BCUT2D eigenvalue weighted by molar-refractivity contribution is 0.677. The van der Waals surface area contributed by atoms with Gasteiger partial charge in [0, 0.05) is 24.8 Å². The number of nitrogens with one attached hydrogen (secondary N) is 1. The Morgan fingerprint density at radius 3 is 2.77 bits per heavy atom. The Labute approximate surface area is 136 Å². The third-order valence-electron chi connectivity index (χ3n) is 3.40. The molecule has 1 aromatic heterocycles. The minimum atomic E-state index is -1.24. The second-order valence-electron chi connectivity index (χ2n) is 5.22. The van der Waals surface area contributed by atoms with Crippen molar-refractivity contribution in [2.75, 3.05) is 19.0 Å². The quantitative estimate of drug-likeness (QED) is 0.793. The SMILES string of the molecule is CN(C)c1ccccc1CS(=O)c1nc2ccc(Cl)cc2[nH]1. The molecule has 2 aromatic carbocycles. The molecule has 3 aromatic rings. The third-order valence-corrected chi connectivity index (χ3v) is 4.83. The van der Waals surface area contributed by atoms with Crippen molar-refractivity contribution in [3.05, 3.63) is 53.1 Å². The summed E-state index contributed by atoms with van der Waals surface area (Å²) in [5.74, 6) is 0.419. The molecule has 0 radical (unpaired) electrons. The van der Waals surface area contributed by atoms with E-state index in [9.17, 15) is 4.21 Å². The molecule has 0 aliphatic heterocycles. The summed E-state index contributed by atoms with van der Waals surface area (Å²) in [5, 5.41) is 1.11. The summed E-state index contributed by atoms with van der Waals surface area (Å²) in [6.45, 7) is 0. The fourth-order valence-electron chi connectivity index (χ4n) is 2.35. The summed E-state index contributed by atoms with van der Waals surface area (Å²) in [4.78, 5) is 9.51. The van der Waals surface area contributed by atoms with Crippen LogP contribution in [0.1, 0.15) is 5.56 Å². The van der Waals surface area contributed by atoms with E-state index in [1.54, 1.807) is 12.1 Å². The van der Waals surface area contributed by atoms with Gasteiger partial charge in [-0.05, 0) is 29.8 Å². The summed E-state index contributed by atoms with van der Waals surface area (Å²) >= 11 is 5.96. The van der Waals surface area contributed by atoms with Gasteiger partial charge in [-0.3, -0.25) is 4.21 Å². The number of rotatable bonds is 4. The molecule has 0 spiro atoms. The maximum absolute atomic E-state index is 12.6. The standard InChI is InChI=1S/C16H16ClN3OS/c1-20(2)15-6-4-3-5-11(15)10-22(21)16-18-13-8-7-12(17)9-14(13)19-16/h3-9H,10H2,1-2H3,(H,18,19). The molecule has 3 rings (SSSR count). The molecule has 6 heteroatoms. The molecule has 1 atom stereocenters. The molecule has 114 valence electrons. The zero-order valence-electron chi connectivity index (χ0n) is 12.3. The molecule has 22 heavy (non-hydrogen) atoms. The molecule has 0 fully saturated rings. The number of anilines is 1. The van der Waals surface area contributed by atoms with Gasteiger partial charge in [0.1, 0.15) is 0 Å². The van der Waals surface area contributed by atoms with Crippen LogP contribution >= 0.6 is 11.6 Å². The van der Waals surface area contributed by atoms with E-state index in [0.717, 1.165) is 22.3 Å². The highest BCUT2D eigenvalue weighted by molar-refractivity contribution is 7.84. The minimum Gasteiger partial charge on any atom is -0.377 e. The van der Waals surface area contributed by atoms with Crippen LogP contribution in [0, 0.1) is 0 Å². The number of hydrogen-bond donors (Lipinski definition) is 1. The molecule has 0 amide bonds. The first-order chi connectivity index (χ1) is 10.5. The van der Waals surface area contributed by atoms with Gasteiger partial charge in [0.2, 0.25) is 0 Å². The minimum absolute atomic E-state index is 0.419. The Morgan fingerprint density at radius 1 is 1.23 bits per heavy atom. The number of halogens is 1. The molecule has 0 saturated carbocycles. The molecular formula is C16H16ClN3OS. The maximum Gasteiger partial charge on any atom is 0.197 e. The molecule has 1 N–H and O–H groups in total. The summed E-state index contributed by atoms with van der Waals surface area (Å²) < 4.78 is 12.6. The highest BCUT2D eigenvalue weighted by Gasteiger charge is 2.13. The lowest BCUT2D eigenvalue weighted by Gasteiger charge is -2.16. The van der Waals surface area contributed by atoms with E-state index < -0.39 is 10.8 Å². The number of fused-ring (bicyclic) bond motifs is 1. The van der Waals surface area contributed by atoms with E-state index in [0.29, 0.717) is 15.9 Å². The second-order valence-corrected chi connectivity index (χ2v) is 7.02. The summed E-state index contributed by atoms with van der Waals surface area (Å²) in [5.41, 5.74) is 3.67. The zero-order chi connectivity index (χ0) is 15.7. The first kappa shape index (κ1) is 15.1. The Morgan fingerprint density at radius 2 is 2.00 bits per heavy atom. The maximum atomic E-state index is 12.6. The molecule has 0 saturated heterocycles. The van der Waals surface area contributed by atoms with Gasteiger partial charge in [-0.15, -0.1) is 0 Å². The summed E-state index contributed by atoms with van der Waals surface area (Å²) in [6, 6.07) is 13.3. The Kier molecular flexibility index (Phi) is 4.18. The van der Waals surface area contributed by atoms with E-state index >= 15 is 0 Å². The molecular weight excluding hydrogens is 318 g/mol. The average molecular weight is 334 g/mol. The number of para-hydroxylation sites is 1. The van der Waals surface area contributed by atoms with Crippen molar-refractivity contribution in [1.29, 1.82) is 0 Å². The van der Waals surface area contributed by atoms with E-state index in [4.69, 9.17) is 11.6 Å². The van der Waals surface area contributed by atoms with Crippen LogP contribution in [0.4, 0.5) is 5.69 Å². The third kappa shape index (κ3) is 3.00. The smallest absolute Gasteiger partial charge is 0.197 e. The number of benzene rings is 2. The van der Waals surface area contributed by atoms with Gasteiger partial charge in [0.25, 0.3) is 0 Å². The molecule has 0 bridgehead atoms. The van der Waals surface area contributed by atoms with Crippen molar-refractivity contribution in [2.45, 2.75) is 10.9 Å². The van der Waals surface area contributed by atoms with Crippen molar-refractivity contribution in [1.82, 2.24) is 9.97 Å². The first-order valence-electron chi connectivity index (χ1n) is 6.83. The lowest BCUT2D eigenvalue weighted by Crippen LogP contribution is -2.12. The monoisotopic (exact) mass is 333 g/mol. The van der Waals surface area contributed by atoms with Crippen molar-refractivity contribution in [3.8, 4) is 0 Å². The second kappa shape index (κ2) is 6.10. The van der Waals surface area contributed by atoms with E-state index in [1.807, 2.05) is 49.3 Å². The molecule has 0 aliphatic rings. The number of nitrogens with zero attached hydrogens (tertiary/aromatic N) is 2. The van der Waals surface area contributed by atoms with Crippen molar-refractivity contribution >= 4 is 39.1 Å². The van der Waals surface area contributed by atoms with Crippen LogP contribution in [-0.2, 0) is 16.6 Å². The molecule has 0 aliphatic carbocycles. The van der Waals surface area contributed by atoms with Crippen LogP contribution in [0.2, 0.25) is 5.02 Å². The van der Waals surface area contributed by atoms with Crippen LogP contribution < -0.4 is 4.90 Å². The van der Waals surface area contributed by atoms with Gasteiger partial charge in [-0.1, -0.05) is 29.8 Å².